The number of amides is 2. The molecule has 0 radical (unpaired) electrons. The summed E-state index contributed by atoms with van der Waals surface area (Å²) in [6, 6.07) is -1.74. The summed E-state index contributed by atoms with van der Waals surface area (Å²) in [6.07, 6.45) is -5.92. The van der Waals surface area contributed by atoms with E-state index in [9.17, 15) is 27.6 Å². The van der Waals surface area contributed by atoms with E-state index in [1.807, 2.05) is 0 Å². The third-order valence-electron chi connectivity index (χ3n) is 1.45. The summed E-state index contributed by atoms with van der Waals surface area (Å²) < 4.78 is 39.6. The summed E-state index contributed by atoms with van der Waals surface area (Å²) >= 11 is 0. The van der Waals surface area contributed by atoms with Gasteiger partial charge >= 0.3 is 18.1 Å². The number of alkyl halides is 3. The maximum atomic E-state index is 11.8. The van der Waals surface area contributed by atoms with Gasteiger partial charge in [0, 0.05) is 0 Å². The Labute approximate surface area is 87.9 Å². The van der Waals surface area contributed by atoms with E-state index in [0.29, 0.717) is 0 Å². The van der Waals surface area contributed by atoms with Crippen LogP contribution in [0, 0.1) is 0 Å². The van der Waals surface area contributed by atoms with Crippen LogP contribution in [0.2, 0.25) is 0 Å². The van der Waals surface area contributed by atoms with E-state index in [1.54, 1.807) is 0 Å². The van der Waals surface area contributed by atoms with E-state index in [0.717, 1.165) is 7.11 Å². The lowest BCUT2D eigenvalue weighted by atomic mass is 10.2. The highest BCUT2D eigenvalue weighted by Crippen LogP contribution is 2.14. The van der Waals surface area contributed by atoms with Gasteiger partial charge in [-0.3, -0.25) is 9.59 Å². The second-order valence-electron chi connectivity index (χ2n) is 2.72. The molecule has 0 aromatic carbocycles. The van der Waals surface area contributed by atoms with Crippen LogP contribution in [0.25, 0.3) is 0 Å². The summed E-state index contributed by atoms with van der Waals surface area (Å²) in [7, 11) is 0.899. The van der Waals surface area contributed by atoms with Gasteiger partial charge in [0.2, 0.25) is 5.91 Å². The monoisotopic (exact) mass is 242 g/mol. The van der Waals surface area contributed by atoms with Gasteiger partial charge in [0.25, 0.3) is 0 Å². The SMILES string of the molecule is COC(=O)C(CC(N)=O)NC(=O)C(F)(F)F. The number of hydrogen-bond donors (Lipinski definition) is 2. The van der Waals surface area contributed by atoms with Crippen molar-refractivity contribution in [1.82, 2.24) is 5.32 Å². The lowest BCUT2D eigenvalue weighted by Crippen LogP contribution is -2.48. The predicted octanol–water partition coefficient (Wildman–Crippen LogP) is -0.918. The molecular weight excluding hydrogens is 233 g/mol. The summed E-state index contributed by atoms with van der Waals surface area (Å²) in [6.45, 7) is 0. The minimum Gasteiger partial charge on any atom is -0.467 e. The maximum absolute atomic E-state index is 11.8. The van der Waals surface area contributed by atoms with Crippen molar-refractivity contribution >= 4 is 17.8 Å². The molecule has 1 atom stereocenters. The number of primary amides is 1. The zero-order valence-corrected chi connectivity index (χ0v) is 8.13. The lowest BCUT2D eigenvalue weighted by Gasteiger charge is -2.15. The van der Waals surface area contributed by atoms with Crippen LogP contribution in [-0.4, -0.2) is 37.1 Å². The number of esters is 1. The maximum Gasteiger partial charge on any atom is 0.471 e. The molecule has 3 N–H and O–H groups in total. The number of methoxy groups -OCH3 is 1. The van der Waals surface area contributed by atoms with Crippen molar-refractivity contribution in [1.29, 1.82) is 0 Å². The first-order valence-corrected chi connectivity index (χ1v) is 3.92. The summed E-state index contributed by atoms with van der Waals surface area (Å²) in [5, 5.41) is 1.30. The Morgan fingerprint density at radius 1 is 1.38 bits per heavy atom. The number of rotatable bonds is 4. The van der Waals surface area contributed by atoms with Crippen LogP contribution in [0.3, 0.4) is 0 Å². The molecule has 0 saturated heterocycles. The van der Waals surface area contributed by atoms with Crippen LogP contribution in [-0.2, 0) is 19.1 Å². The molecule has 9 heteroatoms. The molecule has 6 nitrogen and oxygen atoms in total. The van der Waals surface area contributed by atoms with Crippen LogP contribution in [0.5, 0.6) is 0 Å². The average molecular weight is 242 g/mol. The Balaban J connectivity index is 4.61. The molecule has 0 aliphatic heterocycles. The first-order valence-electron chi connectivity index (χ1n) is 3.92. The molecule has 0 fully saturated rings. The molecule has 0 aliphatic carbocycles. The van der Waals surface area contributed by atoms with Gasteiger partial charge in [0.1, 0.15) is 6.04 Å². The van der Waals surface area contributed by atoms with E-state index in [1.165, 1.54) is 5.32 Å². The Bertz CT molecular complexity index is 302. The van der Waals surface area contributed by atoms with Gasteiger partial charge in [-0.05, 0) is 0 Å². The summed E-state index contributed by atoms with van der Waals surface area (Å²) in [5.41, 5.74) is 4.69. The fourth-order valence-electron chi connectivity index (χ4n) is 0.777. The summed E-state index contributed by atoms with van der Waals surface area (Å²) in [4.78, 5) is 31.8. The number of halogens is 3. The van der Waals surface area contributed by atoms with Crippen LogP contribution in [0.1, 0.15) is 6.42 Å². The number of carbonyl (C=O) groups is 3. The fourth-order valence-corrected chi connectivity index (χ4v) is 0.777. The number of nitrogens with two attached hydrogens (primary N) is 1. The molecule has 0 aliphatic rings. The highest BCUT2D eigenvalue weighted by molar-refractivity contribution is 5.90. The van der Waals surface area contributed by atoms with Crippen molar-refractivity contribution in [3.63, 3.8) is 0 Å². The molecule has 0 spiro atoms. The van der Waals surface area contributed by atoms with E-state index < -0.39 is 36.4 Å². The van der Waals surface area contributed by atoms with E-state index in [4.69, 9.17) is 5.73 Å². The van der Waals surface area contributed by atoms with Gasteiger partial charge in [-0.15, -0.1) is 0 Å². The fraction of sp³-hybridized carbons (Fsp3) is 0.571. The Morgan fingerprint density at radius 2 is 1.88 bits per heavy atom. The zero-order valence-electron chi connectivity index (χ0n) is 8.13. The molecular formula is C7H9F3N2O4. The zero-order chi connectivity index (χ0) is 12.9. The predicted molar refractivity (Wildman–Crippen MR) is 43.8 cm³/mol. The molecule has 0 bridgehead atoms. The third kappa shape index (κ3) is 4.62. The van der Waals surface area contributed by atoms with Gasteiger partial charge in [0.05, 0.1) is 13.5 Å². The number of nitrogens with one attached hydrogen (secondary N) is 1. The van der Waals surface area contributed by atoms with Crippen molar-refractivity contribution < 1.29 is 32.3 Å². The first kappa shape index (κ1) is 14.2. The minimum absolute atomic E-state index is 0.769. The Hall–Kier alpha value is -1.80. The molecule has 16 heavy (non-hydrogen) atoms. The largest absolute Gasteiger partial charge is 0.471 e. The molecule has 0 saturated carbocycles. The summed E-state index contributed by atoms with van der Waals surface area (Å²) in [5.74, 6) is -4.57. The van der Waals surface area contributed by atoms with Gasteiger partial charge < -0.3 is 15.8 Å². The Kier molecular flexibility index (Phi) is 4.73. The molecule has 1 unspecified atom stereocenters. The number of ether oxygens (including phenoxy) is 1. The molecule has 2 amide bonds. The van der Waals surface area contributed by atoms with Crippen molar-refractivity contribution in [3.05, 3.63) is 0 Å². The van der Waals surface area contributed by atoms with Crippen molar-refractivity contribution in [2.24, 2.45) is 5.73 Å². The highest BCUT2D eigenvalue weighted by atomic mass is 19.4. The van der Waals surface area contributed by atoms with Crippen LogP contribution < -0.4 is 11.1 Å². The van der Waals surface area contributed by atoms with E-state index in [2.05, 4.69) is 4.74 Å². The van der Waals surface area contributed by atoms with E-state index in [-0.39, 0.29) is 0 Å². The second kappa shape index (κ2) is 5.33. The van der Waals surface area contributed by atoms with E-state index >= 15 is 0 Å². The molecule has 92 valence electrons. The normalized spacial score (nSPS) is 12.8. The topological polar surface area (TPSA) is 98.5 Å². The molecule has 0 aromatic rings. The second-order valence-corrected chi connectivity index (χ2v) is 2.72. The van der Waals surface area contributed by atoms with Gasteiger partial charge in [0.15, 0.2) is 0 Å². The van der Waals surface area contributed by atoms with Crippen LogP contribution in [0.4, 0.5) is 13.2 Å². The average Bonchev–Trinajstić information content (AvgIpc) is 2.13. The smallest absolute Gasteiger partial charge is 0.467 e. The molecule has 0 aromatic heterocycles. The van der Waals surface area contributed by atoms with Gasteiger partial charge in [-0.1, -0.05) is 0 Å². The van der Waals surface area contributed by atoms with Crippen molar-refractivity contribution in [2.75, 3.05) is 7.11 Å². The third-order valence-corrected chi connectivity index (χ3v) is 1.45. The quantitative estimate of drug-likeness (QED) is 0.623. The van der Waals surface area contributed by atoms with Gasteiger partial charge in [-0.2, -0.15) is 13.2 Å². The van der Waals surface area contributed by atoms with Crippen molar-refractivity contribution in [2.45, 2.75) is 18.6 Å². The highest BCUT2D eigenvalue weighted by Gasteiger charge is 2.41. The lowest BCUT2D eigenvalue weighted by molar-refractivity contribution is -0.175. The van der Waals surface area contributed by atoms with Gasteiger partial charge in [-0.25, -0.2) is 4.79 Å². The first-order chi connectivity index (χ1) is 7.18. The van der Waals surface area contributed by atoms with Crippen LogP contribution in [0.15, 0.2) is 0 Å². The molecule has 0 heterocycles. The standard InChI is InChI=1S/C7H9F3N2O4/c1-16-5(14)3(2-4(11)13)12-6(15)7(8,9)10/h3H,2H2,1H3,(H2,11,13)(H,12,15). The number of hydrogen-bond acceptors (Lipinski definition) is 4. The number of carbonyl (C=O) groups excluding carboxylic acids is 3. The minimum atomic E-state index is -5.15. The molecule has 0 rings (SSSR count). The Morgan fingerprint density at radius 3 is 2.19 bits per heavy atom. The van der Waals surface area contributed by atoms with Crippen LogP contribution >= 0.6 is 0 Å². The van der Waals surface area contributed by atoms with Crippen molar-refractivity contribution in [3.8, 4) is 0 Å².